The number of nitrogens with zero attached hydrogens (tertiary/aromatic N) is 3. The van der Waals surface area contributed by atoms with E-state index in [4.69, 9.17) is 15.3 Å². The first kappa shape index (κ1) is 15.3. The number of ether oxygens (including phenoxy) is 1. The van der Waals surface area contributed by atoms with Crippen molar-refractivity contribution in [3.8, 4) is 17.9 Å². The fraction of sp³-hybridized carbons (Fsp3) is 0.182. The molecule has 0 spiro atoms. The minimum Gasteiger partial charge on any atom is -0.497 e. The number of rotatable bonds is 5. The average Bonchev–Trinajstić information content (AvgIpc) is 2.39. The highest BCUT2D eigenvalue weighted by molar-refractivity contribution is 7.92. The fourth-order valence-electron chi connectivity index (χ4n) is 1.22. The molecule has 1 aromatic rings. The first-order valence-corrected chi connectivity index (χ1v) is 7.08. The van der Waals surface area contributed by atoms with E-state index in [1.165, 1.54) is 19.2 Å². The lowest BCUT2D eigenvalue weighted by molar-refractivity contribution is 0.415. The van der Waals surface area contributed by atoms with Gasteiger partial charge in [-0.05, 0) is 12.1 Å². The summed E-state index contributed by atoms with van der Waals surface area (Å²) in [5, 5.41) is 20.7. The Labute approximate surface area is 116 Å². The second-order valence-electron chi connectivity index (χ2n) is 3.58. The van der Waals surface area contributed by atoms with Crippen LogP contribution < -0.4 is 14.9 Å². The number of hydrazone groups is 1. The summed E-state index contributed by atoms with van der Waals surface area (Å²) >= 11 is 0. The first-order chi connectivity index (χ1) is 9.39. The summed E-state index contributed by atoms with van der Waals surface area (Å²) in [6.45, 7) is 0. The van der Waals surface area contributed by atoms with Crippen molar-refractivity contribution in [3.05, 3.63) is 18.2 Å². The molecule has 0 aliphatic carbocycles. The zero-order valence-corrected chi connectivity index (χ0v) is 11.5. The van der Waals surface area contributed by atoms with Gasteiger partial charge in [0.25, 0.3) is 0 Å². The Morgan fingerprint density at radius 1 is 1.30 bits per heavy atom. The van der Waals surface area contributed by atoms with Crippen LogP contribution in [0.15, 0.2) is 23.3 Å². The first-order valence-electron chi connectivity index (χ1n) is 5.19. The summed E-state index contributed by atoms with van der Waals surface area (Å²) in [6.07, 6.45) is 1.00. The van der Waals surface area contributed by atoms with Gasteiger partial charge in [-0.15, -0.1) is 0 Å². The second kappa shape index (κ2) is 6.41. The summed E-state index contributed by atoms with van der Waals surface area (Å²) in [5.41, 5.74) is 2.52. The van der Waals surface area contributed by atoms with Gasteiger partial charge in [0.2, 0.25) is 15.7 Å². The third kappa shape index (κ3) is 4.48. The van der Waals surface area contributed by atoms with Crippen molar-refractivity contribution in [2.75, 3.05) is 23.5 Å². The smallest absolute Gasteiger partial charge is 0.237 e. The predicted octanol–water partition coefficient (Wildman–Crippen LogP) is 0.882. The molecule has 0 saturated carbocycles. The van der Waals surface area contributed by atoms with Gasteiger partial charge in [0.1, 0.15) is 17.9 Å². The van der Waals surface area contributed by atoms with E-state index in [9.17, 15) is 8.42 Å². The largest absolute Gasteiger partial charge is 0.497 e. The molecule has 9 heteroatoms. The third-order valence-corrected chi connectivity index (χ3v) is 2.61. The average molecular weight is 293 g/mol. The van der Waals surface area contributed by atoms with Crippen LogP contribution >= 0.6 is 0 Å². The number of nitrogens with one attached hydrogen (secondary N) is 2. The number of hydrogen-bond acceptors (Lipinski definition) is 7. The van der Waals surface area contributed by atoms with Gasteiger partial charge in [0, 0.05) is 6.07 Å². The van der Waals surface area contributed by atoms with E-state index in [1.54, 1.807) is 18.2 Å². The Kier molecular flexibility index (Phi) is 4.89. The van der Waals surface area contributed by atoms with Crippen molar-refractivity contribution in [1.82, 2.24) is 0 Å². The van der Waals surface area contributed by atoms with E-state index >= 15 is 0 Å². The van der Waals surface area contributed by atoms with Gasteiger partial charge in [-0.2, -0.15) is 15.6 Å². The molecule has 1 rings (SSSR count). The Morgan fingerprint density at radius 2 is 1.95 bits per heavy atom. The summed E-state index contributed by atoms with van der Waals surface area (Å²) in [4.78, 5) is 0. The Bertz CT molecular complexity index is 697. The molecule has 8 nitrogen and oxygen atoms in total. The van der Waals surface area contributed by atoms with Crippen molar-refractivity contribution in [2.45, 2.75) is 0 Å². The monoisotopic (exact) mass is 293 g/mol. The van der Waals surface area contributed by atoms with Crippen LogP contribution in [0.2, 0.25) is 0 Å². The molecule has 0 fully saturated rings. The maximum Gasteiger partial charge on any atom is 0.237 e. The summed E-state index contributed by atoms with van der Waals surface area (Å²) in [5.74, 6) is 0.456. The highest BCUT2D eigenvalue weighted by Gasteiger charge is 2.09. The molecule has 0 saturated heterocycles. The maximum absolute atomic E-state index is 11.2. The normalized spacial score (nSPS) is 9.80. The van der Waals surface area contributed by atoms with Crippen LogP contribution in [0.1, 0.15) is 0 Å². The highest BCUT2D eigenvalue weighted by Crippen LogP contribution is 2.27. The molecule has 0 heterocycles. The van der Waals surface area contributed by atoms with E-state index < -0.39 is 15.7 Å². The summed E-state index contributed by atoms with van der Waals surface area (Å²) in [7, 11) is -2.03. The SMILES string of the molecule is COc1ccc(NS(C)(=O)=O)c(NN=C(C#N)C#N)c1. The molecule has 1 aromatic carbocycles. The maximum atomic E-state index is 11.2. The van der Waals surface area contributed by atoms with Gasteiger partial charge in [0.15, 0.2) is 0 Å². The van der Waals surface area contributed by atoms with E-state index in [0.717, 1.165) is 6.26 Å². The van der Waals surface area contributed by atoms with Gasteiger partial charge in [-0.25, -0.2) is 8.42 Å². The zero-order valence-electron chi connectivity index (χ0n) is 10.7. The van der Waals surface area contributed by atoms with Crippen molar-refractivity contribution in [2.24, 2.45) is 5.10 Å². The number of sulfonamides is 1. The van der Waals surface area contributed by atoms with E-state index in [-0.39, 0.29) is 11.4 Å². The van der Waals surface area contributed by atoms with Crippen molar-refractivity contribution < 1.29 is 13.2 Å². The zero-order chi connectivity index (χ0) is 15.2. The lowest BCUT2D eigenvalue weighted by Crippen LogP contribution is -2.11. The van der Waals surface area contributed by atoms with Crippen LogP contribution in [0, 0.1) is 22.7 Å². The molecule has 0 bridgehead atoms. The van der Waals surface area contributed by atoms with Crippen molar-refractivity contribution in [1.29, 1.82) is 10.5 Å². The number of benzene rings is 1. The van der Waals surface area contributed by atoms with Gasteiger partial charge in [-0.1, -0.05) is 0 Å². The van der Waals surface area contributed by atoms with Crippen LogP contribution in [-0.4, -0.2) is 27.5 Å². The topological polar surface area (TPSA) is 127 Å². The van der Waals surface area contributed by atoms with Gasteiger partial charge in [-0.3, -0.25) is 10.1 Å². The molecule has 0 radical (unpaired) electrons. The Morgan fingerprint density at radius 3 is 2.45 bits per heavy atom. The van der Waals surface area contributed by atoms with Gasteiger partial charge in [0.05, 0.1) is 24.7 Å². The Balaban J connectivity index is 3.17. The molecule has 20 heavy (non-hydrogen) atoms. The molecule has 104 valence electrons. The lowest BCUT2D eigenvalue weighted by atomic mass is 10.2. The van der Waals surface area contributed by atoms with E-state index in [1.807, 2.05) is 0 Å². The van der Waals surface area contributed by atoms with Crippen LogP contribution in [0.5, 0.6) is 5.75 Å². The van der Waals surface area contributed by atoms with Crippen LogP contribution in [-0.2, 0) is 10.0 Å². The predicted molar refractivity (Wildman–Crippen MR) is 73.7 cm³/mol. The van der Waals surface area contributed by atoms with Crippen LogP contribution in [0.4, 0.5) is 11.4 Å². The number of methoxy groups -OCH3 is 1. The molecule has 2 N–H and O–H groups in total. The molecule has 0 atom stereocenters. The number of anilines is 2. The van der Waals surface area contributed by atoms with Crippen molar-refractivity contribution in [3.63, 3.8) is 0 Å². The standard InChI is InChI=1S/C11H11N5O3S/c1-19-9-3-4-10(16-20(2,17)18)11(5-9)15-14-8(6-12)7-13/h3-5,15-16H,1-2H3. The number of nitriles is 2. The van der Waals surface area contributed by atoms with E-state index in [2.05, 4.69) is 15.2 Å². The number of hydrogen-bond donors (Lipinski definition) is 2. The van der Waals surface area contributed by atoms with Gasteiger partial charge >= 0.3 is 0 Å². The lowest BCUT2D eigenvalue weighted by Gasteiger charge is -2.11. The minimum atomic E-state index is -3.48. The quantitative estimate of drug-likeness (QED) is 0.612. The van der Waals surface area contributed by atoms with Crippen molar-refractivity contribution >= 4 is 27.1 Å². The molecular weight excluding hydrogens is 282 g/mol. The Hall–Kier alpha value is -2.78. The molecule has 0 unspecified atom stereocenters. The van der Waals surface area contributed by atoms with E-state index in [0.29, 0.717) is 5.75 Å². The minimum absolute atomic E-state index is 0.215. The molecule has 0 amide bonds. The molecule has 0 aliphatic heterocycles. The summed E-state index contributed by atoms with van der Waals surface area (Å²) in [6, 6.07) is 7.65. The molecule has 0 aromatic heterocycles. The van der Waals surface area contributed by atoms with Gasteiger partial charge < -0.3 is 4.74 Å². The molecular formula is C11H11N5O3S. The second-order valence-corrected chi connectivity index (χ2v) is 5.33. The van der Waals surface area contributed by atoms with Crippen LogP contribution in [0.3, 0.4) is 0 Å². The fourth-order valence-corrected chi connectivity index (χ4v) is 1.80. The highest BCUT2D eigenvalue weighted by atomic mass is 32.2. The summed E-state index contributed by atoms with van der Waals surface area (Å²) < 4.78 is 29.8. The third-order valence-electron chi connectivity index (χ3n) is 2.02. The van der Waals surface area contributed by atoms with Crippen LogP contribution in [0.25, 0.3) is 0 Å². The molecule has 0 aliphatic rings.